The Hall–Kier alpha value is -1.45. The molecule has 0 aliphatic heterocycles. The van der Waals surface area contributed by atoms with Crippen molar-refractivity contribution in [3.8, 4) is 0 Å². The van der Waals surface area contributed by atoms with E-state index < -0.39 is 16.0 Å². The van der Waals surface area contributed by atoms with Gasteiger partial charge in [-0.05, 0) is 87.2 Å². The molecule has 0 aromatic carbocycles. The van der Waals surface area contributed by atoms with Crippen LogP contribution in [0.15, 0.2) is 12.1 Å². The summed E-state index contributed by atoms with van der Waals surface area (Å²) < 4.78 is 29.9. The zero-order valence-corrected chi connectivity index (χ0v) is 19.8. The molecular weight excluding hydrogens is 436 g/mol. The molecule has 172 valence electrons. The fourth-order valence-corrected chi connectivity index (χ4v) is 7.70. The largest absolute Gasteiger partial charge is 0.451 e. The molecule has 1 atom stereocenters. The number of amides is 1. The van der Waals surface area contributed by atoms with Crippen LogP contribution in [0.1, 0.15) is 60.0 Å². The minimum absolute atomic E-state index is 0.0998. The maximum absolute atomic E-state index is 12.5. The number of carbonyl (C=O) groups excluding carboxylic acids is 2. The van der Waals surface area contributed by atoms with Crippen LogP contribution < -0.4 is 10.0 Å². The number of sulfonamides is 1. The Morgan fingerprint density at radius 3 is 2.35 bits per heavy atom. The molecule has 9 heteroatoms. The average Bonchev–Trinajstić information content (AvgIpc) is 3.13. The topological polar surface area (TPSA) is 102 Å². The predicted molar refractivity (Wildman–Crippen MR) is 119 cm³/mol. The van der Waals surface area contributed by atoms with E-state index in [0.29, 0.717) is 11.3 Å². The minimum atomic E-state index is -3.23. The molecule has 7 nitrogen and oxygen atoms in total. The average molecular weight is 469 g/mol. The second kappa shape index (κ2) is 8.83. The Morgan fingerprint density at radius 2 is 1.77 bits per heavy atom. The zero-order valence-electron chi connectivity index (χ0n) is 18.2. The Kier molecular flexibility index (Phi) is 6.47. The molecule has 1 amide bonds. The fraction of sp³-hybridized carbons (Fsp3) is 0.727. The highest BCUT2D eigenvalue weighted by atomic mass is 32.2. The number of carbonyl (C=O) groups is 2. The highest BCUT2D eigenvalue weighted by Crippen LogP contribution is 2.61. The van der Waals surface area contributed by atoms with E-state index in [1.807, 2.05) is 0 Å². The summed E-state index contributed by atoms with van der Waals surface area (Å²) in [5.41, 5.74) is 0.219. The van der Waals surface area contributed by atoms with E-state index in [1.54, 1.807) is 12.1 Å². The van der Waals surface area contributed by atoms with Gasteiger partial charge in [0.05, 0.1) is 6.26 Å². The van der Waals surface area contributed by atoms with Crippen molar-refractivity contribution in [3.05, 3.63) is 21.9 Å². The summed E-state index contributed by atoms with van der Waals surface area (Å²) in [5, 5.41) is 3.11. The van der Waals surface area contributed by atoms with Crippen molar-refractivity contribution in [2.45, 2.75) is 57.9 Å². The van der Waals surface area contributed by atoms with Crippen molar-refractivity contribution in [1.29, 1.82) is 0 Å². The summed E-state index contributed by atoms with van der Waals surface area (Å²) in [4.78, 5) is 26.1. The van der Waals surface area contributed by atoms with Gasteiger partial charge in [0.2, 0.25) is 10.0 Å². The molecule has 0 spiro atoms. The van der Waals surface area contributed by atoms with Crippen molar-refractivity contribution in [2.75, 3.05) is 19.4 Å². The molecule has 2 N–H and O–H groups in total. The van der Waals surface area contributed by atoms with Gasteiger partial charge in [-0.3, -0.25) is 4.79 Å². The second-order valence-corrected chi connectivity index (χ2v) is 12.8. The molecule has 31 heavy (non-hydrogen) atoms. The zero-order chi connectivity index (χ0) is 22.2. The van der Waals surface area contributed by atoms with Crippen LogP contribution in [0.3, 0.4) is 0 Å². The Balaban J connectivity index is 1.23. The SMILES string of the molecule is C[C@H](NC(=O)COC(=O)c1ccc(CCNS(C)(=O)=O)s1)C12CC3CC(CC(C3)C1)C2. The maximum atomic E-state index is 12.5. The third kappa shape index (κ3) is 5.49. The minimum Gasteiger partial charge on any atom is -0.451 e. The molecule has 4 bridgehead atoms. The van der Waals surface area contributed by atoms with Gasteiger partial charge in [0.1, 0.15) is 4.88 Å². The lowest BCUT2D eigenvalue weighted by Crippen LogP contribution is -2.56. The van der Waals surface area contributed by atoms with Crippen molar-refractivity contribution in [1.82, 2.24) is 10.0 Å². The highest BCUT2D eigenvalue weighted by Gasteiger charge is 2.53. The van der Waals surface area contributed by atoms with Crippen LogP contribution in [-0.4, -0.2) is 45.7 Å². The second-order valence-electron chi connectivity index (χ2n) is 9.83. The van der Waals surface area contributed by atoms with Crippen molar-refractivity contribution in [3.63, 3.8) is 0 Å². The van der Waals surface area contributed by atoms with Crippen LogP contribution in [0.5, 0.6) is 0 Å². The van der Waals surface area contributed by atoms with Crippen molar-refractivity contribution >= 4 is 33.2 Å². The van der Waals surface area contributed by atoms with Gasteiger partial charge in [-0.1, -0.05) is 0 Å². The number of rotatable bonds is 9. The Bertz CT molecular complexity index is 904. The summed E-state index contributed by atoms with van der Waals surface area (Å²) in [6.45, 7) is 2.11. The van der Waals surface area contributed by atoms with Crippen LogP contribution in [0.4, 0.5) is 0 Å². The number of thiophene rings is 1. The van der Waals surface area contributed by atoms with E-state index in [9.17, 15) is 18.0 Å². The van der Waals surface area contributed by atoms with Crippen LogP contribution in [-0.2, 0) is 26.0 Å². The molecule has 4 fully saturated rings. The van der Waals surface area contributed by atoms with E-state index in [4.69, 9.17) is 4.74 Å². The van der Waals surface area contributed by atoms with Crippen LogP contribution >= 0.6 is 11.3 Å². The normalized spacial score (nSPS) is 30.2. The standard InChI is InChI=1S/C22H32N2O5S2/c1-14(22-10-15-7-16(11-22)9-17(8-15)12-22)24-20(25)13-29-21(26)19-4-3-18(30-19)5-6-23-31(2,27)28/h3-4,14-17,23H,5-13H2,1-2H3,(H,24,25)/t14-,15?,16?,17?,22?/m0/s1. The Morgan fingerprint density at radius 1 is 1.16 bits per heavy atom. The van der Waals surface area contributed by atoms with Crippen LogP contribution in [0.25, 0.3) is 0 Å². The first-order chi connectivity index (χ1) is 14.6. The first kappa shape index (κ1) is 22.7. The lowest BCUT2D eigenvalue weighted by atomic mass is 9.48. The predicted octanol–water partition coefficient (Wildman–Crippen LogP) is 2.72. The van der Waals surface area contributed by atoms with Gasteiger partial charge in [0.25, 0.3) is 5.91 Å². The Labute approximate surface area is 188 Å². The van der Waals surface area contributed by atoms with E-state index in [0.717, 1.165) is 28.9 Å². The van der Waals surface area contributed by atoms with Gasteiger partial charge in [-0.15, -0.1) is 11.3 Å². The van der Waals surface area contributed by atoms with Gasteiger partial charge in [0, 0.05) is 17.5 Å². The van der Waals surface area contributed by atoms with E-state index >= 15 is 0 Å². The molecule has 1 aromatic rings. The third-order valence-electron chi connectivity index (χ3n) is 7.31. The highest BCUT2D eigenvalue weighted by molar-refractivity contribution is 7.88. The maximum Gasteiger partial charge on any atom is 0.348 e. The summed E-state index contributed by atoms with van der Waals surface area (Å²) in [6.07, 6.45) is 9.35. The van der Waals surface area contributed by atoms with Gasteiger partial charge < -0.3 is 10.1 Å². The smallest absolute Gasteiger partial charge is 0.348 e. The van der Waals surface area contributed by atoms with Gasteiger partial charge in [-0.2, -0.15) is 0 Å². The fourth-order valence-electron chi connectivity index (χ4n) is 6.33. The van der Waals surface area contributed by atoms with Crippen molar-refractivity contribution in [2.24, 2.45) is 23.2 Å². The van der Waals surface area contributed by atoms with Gasteiger partial charge in [0.15, 0.2) is 6.61 Å². The summed E-state index contributed by atoms with van der Waals surface area (Å²) in [5.74, 6) is 1.70. The van der Waals surface area contributed by atoms with Crippen LogP contribution in [0, 0.1) is 23.2 Å². The molecule has 4 aliphatic carbocycles. The molecule has 4 saturated carbocycles. The van der Waals surface area contributed by atoms with E-state index in [-0.39, 0.29) is 30.5 Å². The molecule has 0 radical (unpaired) electrons. The van der Waals surface area contributed by atoms with E-state index in [1.165, 1.54) is 49.9 Å². The van der Waals surface area contributed by atoms with Gasteiger partial charge >= 0.3 is 5.97 Å². The summed E-state index contributed by atoms with van der Waals surface area (Å²) in [6, 6.07) is 3.53. The molecular formula is C22H32N2O5S2. The first-order valence-electron chi connectivity index (χ1n) is 11.1. The lowest BCUT2D eigenvalue weighted by Gasteiger charge is -2.59. The summed E-state index contributed by atoms with van der Waals surface area (Å²) in [7, 11) is -3.23. The number of hydrogen-bond acceptors (Lipinski definition) is 6. The first-order valence-corrected chi connectivity index (χ1v) is 13.8. The van der Waals surface area contributed by atoms with Crippen LogP contribution in [0.2, 0.25) is 0 Å². The molecule has 0 saturated heterocycles. The monoisotopic (exact) mass is 468 g/mol. The number of hydrogen-bond donors (Lipinski definition) is 2. The lowest BCUT2D eigenvalue weighted by molar-refractivity contribution is -0.128. The van der Waals surface area contributed by atoms with Crippen molar-refractivity contribution < 1.29 is 22.7 Å². The molecule has 4 aliphatic rings. The molecule has 5 rings (SSSR count). The summed E-state index contributed by atoms with van der Waals surface area (Å²) >= 11 is 1.25. The number of esters is 1. The van der Waals surface area contributed by atoms with E-state index in [2.05, 4.69) is 17.0 Å². The number of ether oxygens (including phenoxy) is 1. The molecule has 1 aromatic heterocycles. The number of nitrogens with one attached hydrogen (secondary N) is 2. The quantitative estimate of drug-likeness (QED) is 0.543. The molecule has 0 unspecified atom stereocenters. The third-order valence-corrected chi connectivity index (χ3v) is 9.17. The van der Waals surface area contributed by atoms with Gasteiger partial charge in [-0.25, -0.2) is 17.9 Å². The molecule has 1 heterocycles.